The van der Waals surface area contributed by atoms with Crippen LogP contribution in [0.1, 0.15) is 18.2 Å². The van der Waals surface area contributed by atoms with Crippen molar-refractivity contribution in [2.45, 2.75) is 31.3 Å². The molecule has 1 N–H and O–H groups in total. The van der Waals surface area contributed by atoms with E-state index in [9.17, 15) is 9.59 Å². The number of anilines is 1. The van der Waals surface area contributed by atoms with Crippen molar-refractivity contribution in [3.05, 3.63) is 69.3 Å². The second kappa shape index (κ2) is 9.17. The number of aryl methyl sites for hydroxylation is 1. The summed E-state index contributed by atoms with van der Waals surface area (Å²) in [5.74, 6) is 0.393. The van der Waals surface area contributed by atoms with Gasteiger partial charge in [-0.3, -0.25) is 14.2 Å². The van der Waals surface area contributed by atoms with Gasteiger partial charge in [-0.25, -0.2) is 9.97 Å². The number of thioether (sulfide) groups is 1. The topological polar surface area (TPSA) is 76.9 Å². The Hall–Kier alpha value is -2.75. The summed E-state index contributed by atoms with van der Waals surface area (Å²) in [5, 5.41) is 8.41. The van der Waals surface area contributed by atoms with Crippen LogP contribution in [0.3, 0.4) is 0 Å². The first-order chi connectivity index (χ1) is 15.0. The highest BCUT2D eigenvalue weighted by Crippen LogP contribution is 2.33. The zero-order valence-electron chi connectivity index (χ0n) is 17.0. The fourth-order valence-corrected chi connectivity index (χ4v) is 5.82. The number of carbonyl (C=O) groups is 1. The number of nitrogens with one attached hydrogen (secondary N) is 1. The summed E-state index contributed by atoms with van der Waals surface area (Å²) in [6.07, 6.45) is 1.70. The van der Waals surface area contributed by atoms with Gasteiger partial charge < -0.3 is 5.32 Å². The SMILES string of the molecule is C=CCn1c(SCc2csc(NC(C)=O)n2)nc2scc(-c3ccc(C)cc3)c2c1=O. The second-order valence-electron chi connectivity index (χ2n) is 6.91. The molecule has 0 atom stereocenters. The van der Waals surface area contributed by atoms with Crippen LogP contribution < -0.4 is 10.9 Å². The Labute approximate surface area is 191 Å². The third-order valence-corrected chi connectivity index (χ3v) is 7.21. The van der Waals surface area contributed by atoms with E-state index in [4.69, 9.17) is 4.98 Å². The summed E-state index contributed by atoms with van der Waals surface area (Å²) < 4.78 is 1.66. The molecule has 3 aromatic heterocycles. The Morgan fingerprint density at radius 1 is 1.23 bits per heavy atom. The van der Waals surface area contributed by atoms with Crippen LogP contribution in [-0.2, 0) is 17.1 Å². The minimum Gasteiger partial charge on any atom is -0.302 e. The monoisotopic (exact) mass is 468 g/mol. The van der Waals surface area contributed by atoms with E-state index in [1.807, 2.05) is 41.9 Å². The Balaban J connectivity index is 1.69. The van der Waals surface area contributed by atoms with Gasteiger partial charge in [-0.1, -0.05) is 47.7 Å². The maximum Gasteiger partial charge on any atom is 0.263 e. The van der Waals surface area contributed by atoms with Gasteiger partial charge in [0, 0.05) is 35.5 Å². The van der Waals surface area contributed by atoms with Crippen molar-refractivity contribution in [3.63, 3.8) is 0 Å². The molecule has 0 aliphatic carbocycles. The van der Waals surface area contributed by atoms with Crippen LogP contribution in [0.15, 0.2) is 57.6 Å². The highest BCUT2D eigenvalue weighted by atomic mass is 32.2. The van der Waals surface area contributed by atoms with Crippen molar-refractivity contribution in [2.75, 3.05) is 5.32 Å². The zero-order chi connectivity index (χ0) is 22.0. The van der Waals surface area contributed by atoms with Gasteiger partial charge in [0.25, 0.3) is 5.56 Å². The van der Waals surface area contributed by atoms with Gasteiger partial charge in [-0.05, 0) is 12.5 Å². The van der Waals surface area contributed by atoms with Crippen molar-refractivity contribution in [3.8, 4) is 11.1 Å². The van der Waals surface area contributed by atoms with Crippen molar-refractivity contribution in [1.29, 1.82) is 0 Å². The third kappa shape index (κ3) is 4.63. The number of fused-ring (bicyclic) bond motifs is 1. The molecule has 0 aliphatic rings. The van der Waals surface area contributed by atoms with E-state index in [2.05, 4.69) is 16.9 Å². The predicted octanol–water partition coefficient (Wildman–Crippen LogP) is 5.33. The average molecular weight is 469 g/mol. The lowest BCUT2D eigenvalue weighted by Gasteiger charge is -2.10. The highest BCUT2D eigenvalue weighted by Gasteiger charge is 2.17. The van der Waals surface area contributed by atoms with Gasteiger partial charge in [-0.15, -0.1) is 29.3 Å². The van der Waals surface area contributed by atoms with Gasteiger partial charge >= 0.3 is 0 Å². The van der Waals surface area contributed by atoms with E-state index in [-0.39, 0.29) is 11.5 Å². The summed E-state index contributed by atoms with van der Waals surface area (Å²) >= 11 is 4.30. The molecule has 0 unspecified atom stereocenters. The minimum absolute atomic E-state index is 0.0681. The summed E-state index contributed by atoms with van der Waals surface area (Å²) in [7, 11) is 0. The lowest BCUT2D eigenvalue weighted by Crippen LogP contribution is -2.22. The molecule has 9 heteroatoms. The number of aromatic nitrogens is 3. The first-order valence-corrected chi connectivity index (χ1v) is 12.3. The number of rotatable bonds is 7. The number of hydrogen-bond acceptors (Lipinski definition) is 7. The minimum atomic E-state index is -0.150. The fraction of sp³-hybridized carbons (Fsp3) is 0.182. The van der Waals surface area contributed by atoms with E-state index < -0.39 is 0 Å². The van der Waals surface area contributed by atoms with E-state index in [0.29, 0.717) is 28.0 Å². The van der Waals surface area contributed by atoms with Crippen molar-refractivity contribution < 1.29 is 4.79 Å². The molecule has 0 aliphatic heterocycles. The van der Waals surface area contributed by atoms with Crippen molar-refractivity contribution >= 4 is 55.7 Å². The molecular weight excluding hydrogens is 448 g/mol. The van der Waals surface area contributed by atoms with Gasteiger partial charge in [-0.2, -0.15) is 0 Å². The molecule has 0 fully saturated rings. The van der Waals surface area contributed by atoms with Crippen LogP contribution >= 0.6 is 34.4 Å². The first-order valence-electron chi connectivity index (χ1n) is 9.51. The van der Waals surface area contributed by atoms with E-state index in [0.717, 1.165) is 21.7 Å². The van der Waals surface area contributed by atoms with Gasteiger partial charge in [0.15, 0.2) is 10.3 Å². The van der Waals surface area contributed by atoms with Gasteiger partial charge in [0.1, 0.15) is 4.83 Å². The number of nitrogens with zero attached hydrogens (tertiary/aromatic N) is 3. The van der Waals surface area contributed by atoms with Crippen LogP contribution in [-0.4, -0.2) is 20.4 Å². The molecular formula is C22H20N4O2S3. The van der Waals surface area contributed by atoms with Crippen LogP contribution in [0.5, 0.6) is 0 Å². The maximum atomic E-state index is 13.4. The quantitative estimate of drug-likeness (QED) is 0.225. The summed E-state index contributed by atoms with van der Waals surface area (Å²) in [5.41, 5.74) is 3.85. The van der Waals surface area contributed by atoms with Gasteiger partial charge in [0.2, 0.25) is 5.91 Å². The number of allylic oxidation sites excluding steroid dienone is 1. The second-order valence-corrected chi connectivity index (χ2v) is 9.57. The summed E-state index contributed by atoms with van der Waals surface area (Å²) in [4.78, 5) is 34.5. The smallest absolute Gasteiger partial charge is 0.263 e. The largest absolute Gasteiger partial charge is 0.302 e. The van der Waals surface area contributed by atoms with Crippen LogP contribution in [0.2, 0.25) is 0 Å². The van der Waals surface area contributed by atoms with Crippen LogP contribution in [0.4, 0.5) is 5.13 Å². The highest BCUT2D eigenvalue weighted by molar-refractivity contribution is 7.98. The molecule has 4 aromatic rings. The molecule has 31 heavy (non-hydrogen) atoms. The number of carbonyl (C=O) groups excluding carboxylic acids is 1. The van der Waals surface area contributed by atoms with Crippen molar-refractivity contribution in [2.24, 2.45) is 0 Å². The summed E-state index contributed by atoms with van der Waals surface area (Å²) in [6.45, 7) is 7.67. The molecule has 4 rings (SSSR count). The molecule has 1 aromatic carbocycles. The Bertz CT molecular complexity index is 1320. The number of benzene rings is 1. The van der Waals surface area contributed by atoms with Crippen molar-refractivity contribution in [1.82, 2.24) is 14.5 Å². The van der Waals surface area contributed by atoms with Crippen LogP contribution in [0, 0.1) is 6.92 Å². The Morgan fingerprint density at radius 2 is 2.00 bits per heavy atom. The molecule has 6 nitrogen and oxygen atoms in total. The molecule has 0 radical (unpaired) electrons. The lowest BCUT2D eigenvalue weighted by molar-refractivity contribution is -0.114. The lowest BCUT2D eigenvalue weighted by atomic mass is 10.1. The third-order valence-electron chi connectivity index (χ3n) is 4.52. The zero-order valence-corrected chi connectivity index (χ0v) is 19.5. The first kappa shape index (κ1) is 21.5. The molecule has 0 saturated carbocycles. The number of thiophene rings is 1. The maximum absolute atomic E-state index is 13.4. The standard InChI is InChI=1S/C22H20N4O2S3/c1-4-9-26-20(28)18-17(15-7-5-13(2)6-8-15)12-29-19(18)25-22(26)31-11-16-10-30-21(24-16)23-14(3)27/h4-8,10,12H,1,9,11H2,2-3H3,(H,23,24,27). The molecule has 0 bridgehead atoms. The Morgan fingerprint density at radius 3 is 2.71 bits per heavy atom. The van der Waals surface area contributed by atoms with Crippen LogP contribution in [0.25, 0.3) is 21.3 Å². The molecule has 0 saturated heterocycles. The van der Waals surface area contributed by atoms with E-state index in [1.54, 1.807) is 10.6 Å². The number of amides is 1. The fourth-order valence-electron chi connectivity index (χ4n) is 3.07. The average Bonchev–Trinajstić information content (AvgIpc) is 3.36. The number of thiazole rings is 1. The number of hydrogen-bond donors (Lipinski definition) is 1. The van der Waals surface area contributed by atoms with Gasteiger partial charge in [0.05, 0.1) is 11.1 Å². The molecule has 158 valence electrons. The molecule has 0 spiro atoms. The van der Waals surface area contributed by atoms with E-state index in [1.165, 1.54) is 46.9 Å². The van der Waals surface area contributed by atoms with E-state index >= 15 is 0 Å². The molecule has 3 heterocycles. The predicted molar refractivity (Wildman–Crippen MR) is 130 cm³/mol. The normalized spacial score (nSPS) is 11.0. The summed E-state index contributed by atoms with van der Waals surface area (Å²) in [6, 6.07) is 8.15. The molecule has 1 amide bonds. The Kier molecular flexibility index (Phi) is 6.35.